The van der Waals surface area contributed by atoms with Crippen molar-refractivity contribution in [1.82, 2.24) is 4.90 Å². The van der Waals surface area contributed by atoms with Crippen LogP contribution in [-0.4, -0.2) is 36.1 Å². The SMILES string of the molecule is CN1CCCC1CCOc1cc(F)cc([N+](=O)[O-])c1. The molecule has 1 aliphatic heterocycles. The van der Waals surface area contributed by atoms with Crippen molar-refractivity contribution in [2.75, 3.05) is 20.2 Å². The van der Waals surface area contributed by atoms with E-state index in [2.05, 4.69) is 11.9 Å². The normalized spacial score (nSPS) is 19.6. The number of hydrogen-bond acceptors (Lipinski definition) is 4. The number of hydrogen-bond donors (Lipinski definition) is 0. The van der Waals surface area contributed by atoms with E-state index in [0.717, 1.165) is 25.5 Å². The summed E-state index contributed by atoms with van der Waals surface area (Å²) >= 11 is 0. The predicted octanol–water partition coefficient (Wildman–Crippen LogP) is 2.60. The van der Waals surface area contributed by atoms with Gasteiger partial charge < -0.3 is 9.64 Å². The summed E-state index contributed by atoms with van der Waals surface area (Å²) in [6.45, 7) is 1.53. The molecule has 0 radical (unpaired) electrons. The summed E-state index contributed by atoms with van der Waals surface area (Å²) in [7, 11) is 2.07. The van der Waals surface area contributed by atoms with Gasteiger partial charge in [0.05, 0.1) is 23.7 Å². The minimum atomic E-state index is -0.651. The molecule has 1 fully saturated rings. The molecule has 0 aliphatic carbocycles. The quantitative estimate of drug-likeness (QED) is 0.608. The molecule has 2 rings (SSSR count). The number of halogens is 1. The highest BCUT2D eigenvalue weighted by Crippen LogP contribution is 2.23. The van der Waals surface area contributed by atoms with E-state index < -0.39 is 10.7 Å². The van der Waals surface area contributed by atoms with Crippen LogP contribution in [0.25, 0.3) is 0 Å². The molecule has 1 aliphatic rings. The maximum Gasteiger partial charge on any atom is 0.276 e. The topological polar surface area (TPSA) is 55.6 Å². The molecule has 1 aromatic rings. The third-order valence-corrected chi connectivity index (χ3v) is 3.46. The average molecular weight is 268 g/mol. The van der Waals surface area contributed by atoms with E-state index in [1.165, 1.54) is 18.6 Å². The summed E-state index contributed by atoms with van der Waals surface area (Å²) < 4.78 is 18.6. The van der Waals surface area contributed by atoms with Crippen molar-refractivity contribution in [2.24, 2.45) is 0 Å². The number of ether oxygens (including phenoxy) is 1. The summed E-state index contributed by atoms with van der Waals surface area (Å²) in [6.07, 6.45) is 3.18. The molecule has 0 spiro atoms. The second-order valence-electron chi connectivity index (χ2n) is 4.82. The number of benzene rings is 1. The zero-order chi connectivity index (χ0) is 13.8. The maximum absolute atomic E-state index is 13.2. The van der Waals surface area contributed by atoms with E-state index in [-0.39, 0.29) is 11.4 Å². The lowest BCUT2D eigenvalue weighted by Crippen LogP contribution is -2.26. The number of nitro benzene ring substituents is 1. The lowest BCUT2D eigenvalue weighted by Gasteiger charge is -2.19. The van der Waals surface area contributed by atoms with Crippen molar-refractivity contribution in [3.05, 3.63) is 34.1 Å². The minimum Gasteiger partial charge on any atom is -0.493 e. The van der Waals surface area contributed by atoms with Crippen LogP contribution in [0.1, 0.15) is 19.3 Å². The zero-order valence-electron chi connectivity index (χ0n) is 10.8. The van der Waals surface area contributed by atoms with Crippen LogP contribution < -0.4 is 4.74 Å². The maximum atomic E-state index is 13.2. The second-order valence-corrected chi connectivity index (χ2v) is 4.82. The van der Waals surface area contributed by atoms with Gasteiger partial charge in [-0.25, -0.2) is 4.39 Å². The van der Waals surface area contributed by atoms with Crippen LogP contribution in [0.2, 0.25) is 0 Å². The van der Waals surface area contributed by atoms with Gasteiger partial charge >= 0.3 is 0 Å². The number of likely N-dealkylation sites (tertiary alicyclic amines) is 1. The Morgan fingerprint density at radius 3 is 2.95 bits per heavy atom. The van der Waals surface area contributed by atoms with Crippen LogP contribution in [0.15, 0.2) is 18.2 Å². The Labute approximate surface area is 111 Å². The third kappa shape index (κ3) is 3.64. The van der Waals surface area contributed by atoms with Crippen LogP contribution in [0.3, 0.4) is 0 Å². The average Bonchev–Trinajstić information content (AvgIpc) is 2.74. The smallest absolute Gasteiger partial charge is 0.276 e. The molecule has 1 heterocycles. The Kier molecular flexibility index (Phi) is 4.31. The van der Waals surface area contributed by atoms with Gasteiger partial charge in [0, 0.05) is 12.1 Å². The fourth-order valence-corrected chi connectivity index (χ4v) is 2.39. The molecule has 1 aromatic carbocycles. The Balaban J connectivity index is 1.90. The molecule has 0 N–H and O–H groups in total. The first-order valence-corrected chi connectivity index (χ1v) is 6.34. The van der Waals surface area contributed by atoms with E-state index in [0.29, 0.717) is 12.6 Å². The molecular weight excluding hydrogens is 251 g/mol. The standard InChI is InChI=1S/C13H17FN2O3/c1-15-5-2-3-11(15)4-6-19-13-8-10(14)7-12(9-13)16(17)18/h7-9,11H,2-6H2,1H3. The number of nitrogens with zero attached hydrogens (tertiary/aromatic N) is 2. The Morgan fingerprint density at radius 2 is 2.32 bits per heavy atom. The van der Waals surface area contributed by atoms with Crippen LogP contribution in [0.4, 0.5) is 10.1 Å². The van der Waals surface area contributed by atoms with Crippen molar-refractivity contribution < 1.29 is 14.1 Å². The van der Waals surface area contributed by atoms with Gasteiger partial charge in [0.2, 0.25) is 0 Å². The molecule has 1 unspecified atom stereocenters. The summed E-state index contributed by atoms with van der Waals surface area (Å²) in [5, 5.41) is 10.6. The van der Waals surface area contributed by atoms with Gasteiger partial charge in [-0.15, -0.1) is 0 Å². The molecule has 0 aromatic heterocycles. The van der Waals surface area contributed by atoms with Gasteiger partial charge in [0.1, 0.15) is 11.6 Å². The Bertz CT molecular complexity index is 467. The summed E-state index contributed by atoms with van der Waals surface area (Å²) in [4.78, 5) is 12.3. The number of rotatable bonds is 5. The van der Waals surface area contributed by atoms with Crippen molar-refractivity contribution in [3.8, 4) is 5.75 Å². The van der Waals surface area contributed by atoms with Crippen molar-refractivity contribution in [3.63, 3.8) is 0 Å². The highest BCUT2D eigenvalue weighted by Gasteiger charge is 2.20. The van der Waals surface area contributed by atoms with E-state index in [1.54, 1.807) is 0 Å². The van der Waals surface area contributed by atoms with Gasteiger partial charge in [-0.2, -0.15) is 0 Å². The summed E-state index contributed by atoms with van der Waals surface area (Å²) in [5.74, 6) is -0.436. The fourth-order valence-electron chi connectivity index (χ4n) is 2.39. The molecule has 1 atom stereocenters. The Morgan fingerprint density at radius 1 is 1.53 bits per heavy atom. The highest BCUT2D eigenvalue weighted by atomic mass is 19.1. The molecule has 19 heavy (non-hydrogen) atoms. The summed E-state index contributed by atoms with van der Waals surface area (Å²) in [5.41, 5.74) is -0.284. The molecule has 0 bridgehead atoms. The van der Waals surface area contributed by atoms with Crippen LogP contribution in [0, 0.1) is 15.9 Å². The number of non-ortho nitro benzene ring substituents is 1. The molecule has 104 valence electrons. The zero-order valence-corrected chi connectivity index (χ0v) is 10.8. The van der Waals surface area contributed by atoms with Gasteiger partial charge in [-0.1, -0.05) is 0 Å². The molecule has 0 amide bonds. The van der Waals surface area contributed by atoms with Crippen molar-refractivity contribution in [2.45, 2.75) is 25.3 Å². The monoisotopic (exact) mass is 268 g/mol. The van der Waals surface area contributed by atoms with Crippen molar-refractivity contribution in [1.29, 1.82) is 0 Å². The van der Waals surface area contributed by atoms with Gasteiger partial charge in [-0.3, -0.25) is 10.1 Å². The molecule has 6 heteroatoms. The fraction of sp³-hybridized carbons (Fsp3) is 0.538. The second kappa shape index (κ2) is 5.97. The first kappa shape index (κ1) is 13.7. The molecular formula is C13H17FN2O3. The van der Waals surface area contributed by atoms with Crippen LogP contribution in [0.5, 0.6) is 5.75 Å². The number of nitro groups is 1. The van der Waals surface area contributed by atoms with Crippen LogP contribution >= 0.6 is 0 Å². The van der Waals surface area contributed by atoms with Crippen molar-refractivity contribution >= 4 is 5.69 Å². The predicted molar refractivity (Wildman–Crippen MR) is 68.8 cm³/mol. The summed E-state index contributed by atoms with van der Waals surface area (Å²) in [6, 6.07) is 3.80. The lowest BCUT2D eigenvalue weighted by atomic mass is 10.1. The van der Waals surface area contributed by atoms with Gasteiger partial charge in [0.15, 0.2) is 0 Å². The van der Waals surface area contributed by atoms with E-state index >= 15 is 0 Å². The van der Waals surface area contributed by atoms with Gasteiger partial charge in [-0.05, 0) is 32.9 Å². The van der Waals surface area contributed by atoms with E-state index in [4.69, 9.17) is 4.74 Å². The Hall–Kier alpha value is -1.69. The molecule has 0 saturated carbocycles. The first-order chi connectivity index (χ1) is 9.06. The lowest BCUT2D eigenvalue weighted by molar-refractivity contribution is -0.385. The van der Waals surface area contributed by atoms with Crippen LogP contribution in [-0.2, 0) is 0 Å². The van der Waals surface area contributed by atoms with Gasteiger partial charge in [0.25, 0.3) is 5.69 Å². The largest absolute Gasteiger partial charge is 0.493 e. The highest BCUT2D eigenvalue weighted by molar-refractivity contribution is 5.38. The molecule has 5 nitrogen and oxygen atoms in total. The van der Waals surface area contributed by atoms with E-state index in [1.807, 2.05) is 0 Å². The minimum absolute atomic E-state index is 0.215. The van der Waals surface area contributed by atoms with E-state index in [9.17, 15) is 14.5 Å². The third-order valence-electron chi connectivity index (χ3n) is 3.46. The first-order valence-electron chi connectivity index (χ1n) is 6.34. The molecule has 1 saturated heterocycles.